The number of hydrogen-bond acceptors (Lipinski definition) is 4. The van der Waals surface area contributed by atoms with Gasteiger partial charge in [-0.1, -0.05) is 6.92 Å². The summed E-state index contributed by atoms with van der Waals surface area (Å²) in [5.74, 6) is -0.170. The van der Waals surface area contributed by atoms with Gasteiger partial charge in [0, 0.05) is 22.4 Å². The van der Waals surface area contributed by atoms with E-state index in [1.807, 2.05) is 19.9 Å². The SMILES string of the molecule is Cc1cc(C)nc(-n2nc(C(=O)O)c3c2[C@@]2(C)CC[C@@H]3C2)n1. The van der Waals surface area contributed by atoms with Crippen LogP contribution in [0, 0.1) is 13.8 Å². The van der Waals surface area contributed by atoms with Crippen LogP contribution in [0.25, 0.3) is 5.95 Å². The molecule has 0 saturated heterocycles. The smallest absolute Gasteiger partial charge is 0.356 e. The van der Waals surface area contributed by atoms with Crippen LogP contribution in [0.2, 0.25) is 0 Å². The molecule has 0 radical (unpaired) electrons. The zero-order chi connectivity index (χ0) is 15.6. The number of carboxylic acid groups (broad SMARTS) is 1. The lowest BCUT2D eigenvalue weighted by Crippen LogP contribution is -2.22. The van der Waals surface area contributed by atoms with Gasteiger partial charge in [-0.25, -0.2) is 19.4 Å². The van der Waals surface area contributed by atoms with Crippen molar-refractivity contribution < 1.29 is 9.90 Å². The Kier molecular flexibility index (Phi) is 2.53. The Morgan fingerprint density at radius 2 is 2.05 bits per heavy atom. The first-order valence-corrected chi connectivity index (χ1v) is 7.58. The number of aromatic carboxylic acids is 1. The lowest BCUT2D eigenvalue weighted by molar-refractivity contribution is 0.0688. The first-order chi connectivity index (χ1) is 10.4. The second-order valence-corrected chi connectivity index (χ2v) is 6.78. The molecule has 0 aliphatic heterocycles. The van der Waals surface area contributed by atoms with E-state index in [0.29, 0.717) is 11.9 Å². The van der Waals surface area contributed by atoms with Crippen LogP contribution in [0.15, 0.2) is 6.07 Å². The minimum absolute atomic E-state index is 0.0122. The van der Waals surface area contributed by atoms with E-state index < -0.39 is 5.97 Å². The van der Waals surface area contributed by atoms with Crippen LogP contribution in [0.5, 0.6) is 0 Å². The van der Waals surface area contributed by atoms with Crippen LogP contribution in [0.4, 0.5) is 0 Å². The van der Waals surface area contributed by atoms with Gasteiger partial charge in [-0.05, 0) is 45.1 Å². The molecule has 2 heterocycles. The number of rotatable bonds is 2. The average molecular weight is 298 g/mol. The molecule has 2 bridgehead atoms. The van der Waals surface area contributed by atoms with E-state index in [1.54, 1.807) is 4.68 Å². The quantitative estimate of drug-likeness (QED) is 0.921. The molecule has 114 valence electrons. The molecule has 0 aromatic carbocycles. The summed E-state index contributed by atoms with van der Waals surface area (Å²) in [6.07, 6.45) is 3.12. The van der Waals surface area contributed by atoms with Crippen molar-refractivity contribution in [3.8, 4) is 5.95 Å². The Hall–Kier alpha value is -2.24. The summed E-state index contributed by atoms with van der Waals surface area (Å²) in [6, 6.07) is 1.90. The monoisotopic (exact) mass is 298 g/mol. The highest BCUT2D eigenvalue weighted by Gasteiger charge is 2.51. The number of aromatic nitrogens is 4. The Morgan fingerprint density at radius 1 is 1.36 bits per heavy atom. The van der Waals surface area contributed by atoms with Gasteiger partial charge in [0.1, 0.15) is 0 Å². The molecule has 1 N–H and O–H groups in total. The molecule has 6 heteroatoms. The van der Waals surface area contributed by atoms with Crippen molar-refractivity contribution in [1.82, 2.24) is 19.7 Å². The largest absolute Gasteiger partial charge is 0.476 e. The minimum atomic E-state index is -0.962. The first-order valence-electron chi connectivity index (χ1n) is 7.58. The average Bonchev–Trinajstić information content (AvgIpc) is 3.05. The van der Waals surface area contributed by atoms with Crippen LogP contribution < -0.4 is 0 Å². The topological polar surface area (TPSA) is 80.9 Å². The molecule has 2 aliphatic carbocycles. The summed E-state index contributed by atoms with van der Waals surface area (Å²) >= 11 is 0. The molecule has 0 amide bonds. The molecule has 6 nitrogen and oxygen atoms in total. The zero-order valence-electron chi connectivity index (χ0n) is 12.9. The van der Waals surface area contributed by atoms with Gasteiger partial charge in [-0.15, -0.1) is 0 Å². The second-order valence-electron chi connectivity index (χ2n) is 6.78. The number of carboxylic acids is 1. The van der Waals surface area contributed by atoms with E-state index in [0.717, 1.165) is 41.9 Å². The van der Waals surface area contributed by atoms with Crippen LogP contribution in [-0.4, -0.2) is 30.8 Å². The fraction of sp³-hybridized carbons (Fsp3) is 0.500. The molecular formula is C16H18N4O2. The van der Waals surface area contributed by atoms with Gasteiger partial charge in [-0.3, -0.25) is 0 Å². The van der Waals surface area contributed by atoms with Crippen molar-refractivity contribution in [1.29, 1.82) is 0 Å². The molecule has 1 saturated carbocycles. The minimum Gasteiger partial charge on any atom is -0.476 e. The number of carbonyl (C=O) groups is 1. The van der Waals surface area contributed by atoms with Gasteiger partial charge in [-0.2, -0.15) is 5.10 Å². The maximum atomic E-state index is 11.6. The van der Waals surface area contributed by atoms with E-state index in [9.17, 15) is 9.90 Å². The molecule has 2 aromatic heterocycles. The number of hydrogen-bond donors (Lipinski definition) is 1. The first kappa shape index (κ1) is 13.4. The van der Waals surface area contributed by atoms with Crippen LogP contribution in [0.3, 0.4) is 0 Å². The molecular weight excluding hydrogens is 280 g/mol. The fourth-order valence-corrected chi connectivity index (χ4v) is 4.20. The summed E-state index contributed by atoms with van der Waals surface area (Å²) in [6.45, 7) is 6.02. The maximum absolute atomic E-state index is 11.6. The van der Waals surface area contributed by atoms with Gasteiger partial charge in [0.2, 0.25) is 0 Å². The molecule has 2 aromatic rings. The predicted molar refractivity (Wildman–Crippen MR) is 79.5 cm³/mol. The second kappa shape index (κ2) is 4.15. The van der Waals surface area contributed by atoms with E-state index in [-0.39, 0.29) is 11.1 Å². The standard InChI is InChI=1S/C16H18N4O2/c1-8-6-9(2)18-15(17-8)20-13-11(12(19-20)14(21)22)10-4-5-16(13,3)7-10/h6,10H,4-5,7H2,1-3H3,(H,21,22)/t10-,16+/m1/s1. The van der Waals surface area contributed by atoms with Crippen LogP contribution >= 0.6 is 0 Å². The Bertz CT molecular complexity index is 790. The van der Waals surface area contributed by atoms with E-state index in [2.05, 4.69) is 22.0 Å². The maximum Gasteiger partial charge on any atom is 0.356 e. The molecule has 0 spiro atoms. The third kappa shape index (κ3) is 1.66. The van der Waals surface area contributed by atoms with E-state index in [4.69, 9.17) is 0 Å². The van der Waals surface area contributed by atoms with Gasteiger partial charge in [0.15, 0.2) is 5.69 Å². The van der Waals surface area contributed by atoms with Gasteiger partial charge in [0.25, 0.3) is 5.95 Å². The van der Waals surface area contributed by atoms with Crippen molar-refractivity contribution in [3.63, 3.8) is 0 Å². The van der Waals surface area contributed by atoms with Crippen molar-refractivity contribution in [2.75, 3.05) is 0 Å². The summed E-state index contributed by atoms with van der Waals surface area (Å²) < 4.78 is 1.68. The molecule has 22 heavy (non-hydrogen) atoms. The Labute approximate surface area is 128 Å². The van der Waals surface area contributed by atoms with Crippen molar-refractivity contribution in [2.24, 2.45) is 0 Å². The van der Waals surface area contributed by atoms with Crippen LogP contribution in [0.1, 0.15) is 65.2 Å². The summed E-state index contributed by atoms with van der Waals surface area (Å²) in [5.41, 5.74) is 3.79. The van der Waals surface area contributed by atoms with E-state index in [1.165, 1.54) is 0 Å². The summed E-state index contributed by atoms with van der Waals surface area (Å²) in [5, 5.41) is 13.9. The molecule has 2 atom stereocenters. The third-order valence-electron chi connectivity index (χ3n) is 5.01. The van der Waals surface area contributed by atoms with Crippen LogP contribution in [-0.2, 0) is 5.41 Å². The molecule has 1 fully saturated rings. The molecule has 0 unspecified atom stereocenters. The van der Waals surface area contributed by atoms with Crippen molar-refractivity contribution in [3.05, 3.63) is 34.4 Å². The summed E-state index contributed by atoms with van der Waals surface area (Å²) in [4.78, 5) is 20.5. The normalized spacial score (nSPS) is 25.5. The number of fused-ring (bicyclic) bond motifs is 5. The number of aryl methyl sites for hydroxylation is 2. The Morgan fingerprint density at radius 3 is 2.68 bits per heavy atom. The van der Waals surface area contributed by atoms with E-state index >= 15 is 0 Å². The van der Waals surface area contributed by atoms with Gasteiger partial charge < -0.3 is 5.11 Å². The van der Waals surface area contributed by atoms with Crippen molar-refractivity contribution in [2.45, 2.75) is 51.4 Å². The molecule has 4 rings (SSSR count). The highest BCUT2D eigenvalue weighted by molar-refractivity contribution is 5.88. The predicted octanol–water partition coefficient (Wildman–Crippen LogP) is 2.52. The lowest BCUT2D eigenvalue weighted by Gasteiger charge is -2.23. The van der Waals surface area contributed by atoms with Crippen molar-refractivity contribution >= 4 is 5.97 Å². The van der Waals surface area contributed by atoms with Gasteiger partial charge in [0.05, 0.1) is 5.69 Å². The summed E-state index contributed by atoms with van der Waals surface area (Å²) in [7, 11) is 0. The third-order valence-corrected chi connectivity index (χ3v) is 5.01. The fourth-order valence-electron chi connectivity index (χ4n) is 4.20. The highest BCUT2D eigenvalue weighted by atomic mass is 16.4. The molecule has 2 aliphatic rings. The van der Waals surface area contributed by atoms with Gasteiger partial charge >= 0.3 is 5.97 Å². The highest BCUT2D eigenvalue weighted by Crippen LogP contribution is 2.58. The lowest BCUT2D eigenvalue weighted by atomic mass is 9.85. The number of nitrogens with zero attached hydrogens (tertiary/aromatic N) is 4. The Balaban J connectivity index is 2.01. The zero-order valence-corrected chi connectivity index (χ0v) is 12.9.